The van der Waals surface area contributed by atoms with E-state index in [0.717, 1.165) is 12.2 Å². The van der Waals surface area contributed by atoms with E-state index in [2.05, 4.69) is 30.3 Å². The SMILES string of the molecule is C#CCNC(C)Cc1ccc(OC)cc1. The average molecular weight is 203 g/mol. The molecule has 0 saturated carbocycles. The van der Waals surface area contributed by atoms with Gasteiger partial charge in [-0.05, 0) is 31.0 Å². The van der Waals surface area contributed by atoms with Crippen molar-refractivity contribution in [2.75, 3.05) is 13.7 Å². The third kappa shape index (κ3) is 4.05. The molecule has 0 radical (unpaired) electrons. The minimum absolute atomic E-state index is 0.398. The van der Waals surface area contributed by atoms with Crippen LogP contribution < -0.4 is 10.1 Å². The molecule has 1 N–H and O–H groups in total. The number of ether oxygens (including phenoxy) is 1. The van der Waals surface area contributed by atoms with E-state index >= 15 is 0 Å². The number of terminal acetylenes is 1. The number of hydrogen-bond acceptors (Lipinski definition) is 2. The zero-order chi connectivity index (χ0) is 11.1. The highest BCUT2D eigenvalue weighted by molar-refractivity contribution is 5.27. The van der Waals surface area contributed by atoms with Crippen molar-refractivity contribution in [1.82, 2.24) is 5.32 Å². The molecule has 0 fully saturated rings. The molecule has 0 amide bonds. The summed E-state index contributed by atoms with van der Waals surface area (Å²) >= 11 is 0. The molecule has 0 aromatic heterocycles. The molecule has 2 nitrogen and oxygen atoms in total. The molecule has 0 spiro atoms. The fourth-order valence-corrected chi connectivity index (χ4v) is 1.42. The van der Waals surface area contributed by atoms with E-state index in [9.17, 15) is 0 Å². The maximum Gasteiger partial charge on any atom is 0.118 e. The number of nitrogens with one attached hydrogen (secondary N) is 1. The van der Waals surface area contributed by atoms with E-state index in [-0.39, 0.29) is 0 Å². The highest BCUT2D eigenvalue weighted by Crippen LogP contribution is 2.12. The van der Waals surface area contributed by atoms with E-state index in [1.54, 1.807) is 7.11 Å². The van der Waals surface area contributed by atoms with Gasteiger partial charge in [0.05, 0.1) is 13.7 Å². The molecule has 0 aliphatic carbocycles. The summed E-state index contributed by atoms with van der Waals surface area (Å²) in [5.74, 6) is 3.46. The second-order valence-electron chi connectivity index (χ2n) is 3.54. The van der Waals surface area contributed by atoms with Crippen LogP contribution in [0.15, 0.2) is 24.3 Å². The lowest BCUT2D eigenvalue weighted by atomic mass is 10.1. The van der Waals surface area contributed by atoms with E-state index in [1.165, 1.54) is 5.56 Å². The maximum atomic E-state index is 5.18. The monoisotopic (exact) mass is 203 g/mol. The van der Waals surface area contributed by atoms with E-state index in [1.807, 2.05) is 12.1 Å². The fraction of sp³-hybridized carbons (Fsp3) is 0.385. The van der Waals surface area contributed by atoms with Crippen LogP contribution in [0.25, 0.3) is 0 Å². The Hall–Kier alpha value is -1.46. The largest absolute Gasteiger partial charge is 0.497 e. The first kappa shape index (κ1) is 11.6. The zero-order valence-electron chi connectivity index (χ0n) is 9.29. The maximum absolute atomic E-state index is 5.18. The zero-order valence-corrected chi connectivity index (χ0v) is 9.29. The van der Waals surface area contributed by atoms with Gasteiger partial charge in [0.15, 0.2) is 0 Å². The van der Waals surface area contributed by atoms with Crippen LogP contribution >= 0.6 is 0 Å². The van der Waals surface area contributed by atoms with Gasteiger partial charge < -0.3 is 10.1 Å². The Labute approximate surface area is 91.6 Å². The van der Waals surface area contributed by atoms with Gasteiger partial charge in [0.25, 0.3) is 0 Å². The summed E-state index contributed by atoms with van der Waals surface area (Å²) in [4.78, 5) is 0. The molecule has 1 atom stereocenters. The van der Waals surface area contributed by atoms with Crippen molar-refractivity contribution in [3.05, 3.63) is 29.8 Å². The lowest BCUT2D eigenvalue weighted by Gasteiger charge is -2.11. The Bertz CT molecular complexity index is 323. The molecular formula is C13H17NO. The van der Waals surface area contributed by atoms with Crippen LogP contribution in [0.2, 0.25) is 0 Å². The third-order valence-corrected chi connectivity index (χ3v) is 2.25. The third-order valence-electron chi connectivity index (χ3n) is 2.25. The van der Waals surface area contributed by atoms with Gasteiger partial charge in [0.2, 0.25) is 0 Å². The highest BCUT2D eigenvalue weighted by atomic mass is 16.5. The smallest absolute Gasteiger partial charge is 0.118 e. The Morgan fingerprint density at radius 2 is 2.07 bits per heavy atom. The molecule has 0 heterocycles. The summed E-state index contributed by atoms with van der Waals surface area (Å²) in [5, 5.41) is 3.24. The number of methoxy groups -OCH3 is 1. The summed E-state index contributed by atoms with van der Waals surface area (Å²) in [5.41, 5.74) is 1.29. The molecule has 0 bridgehead atoms. The minimum Gasteiger partial charge on any atom is -0.497 e. The number of rotatable bonds is 5. The molecule has 80 valence electrons. The molecule has 15 heavy (non-hydrogen) atoms. The molecule has 0 aliphatic rings. The number of benzene rings is 1. The lowest BCUT2D eigenvalue weighted by Crippen LogP contribution is -2.28. The van der Waals surface area contributed by atoms with Crippen molar-refractivity contribution in [3.8, 4) is 18.1 Å². The number of hydrogen-bond donors (Lipinski definition) is 1. The molecule has 0 saturated heterocycles. The van der Waals surface area contributed by atoms with Gasteiger partial charge in [0, 0.05) is 6.04 Å². The van der Waals surface area contributed by atoms with Crippen LogP contribution in [-0.4, -0.2) is 19.7 Å². The first-order chi connectivity index (χ1) is 7.26. The van der Waals surface area contributed by atoms with Crippen molar-refractivity contribution >= 4 is 0 Å². The predicted molar refractivity (Wildman–Crippen MR) is 63.0 cm³/mol. The standard InChI is InChI=1S/C13H17NO/c1-4-9-14-11(2)10-12-5-7-13(15-3)8-6-12/h1,5-8,11,14H,9-10H2,2-3H3. The van der Waals surface area contributed by atoms with Gasteiger partial charge in [-0.25, -0.2) is 0 Å². The average Bonchev–Trinajstić information content (AvgIpc) is 2.27. The van der Waals surface area contributed by atoms with Gasteiger partial charge in [0.1, 0.15) is 5.75 Å². The van der Waals surface area contributed by atoms with Crippen LogP contribution in [0, 0.1) is 12.3 Å². The summed E-state index contributed by atoms with van der Waals surface area (Å²) < 4.78 is 5.10. The van der Waals surface area contributed by atoms with Gasteiger partial charge in [-0.1, -0.05) is 18.1 Å². The Morgan fingerprint density at radius 3 is 2.60 bits per heavy atom. The molecule has 1 unspecified atom stereocenters. The second kappa shape index (κ2) is 6.10. The molecular weight excluding hydrogens is 186 g/mol. The summed E-state index contributed by atoms with van der Waals surface area (Å²) in [7, 11) is 1.67. The quantitative estimate of drug-likeness (QED) is 0.737. The normalized spacial score (nSPS) is 11.8. The first-order valence-electron chi connectivity index (χ1n) is 5.06. The first-order valence-corrected chi connectivity index (χ1v) is 5.06. The molecule has 1 aromatic carbocycles. The molecule has 1 aromatic rings. The van der Waals surface area contributed by atoms with Gasteiger partial charge in [-0.3, -0.25) is 0 Å². The van der Waals surface area contributed by atoms with Crippen molar-refractivity contribution in [2.45, 2.75) is 19.4 Å². The van der Waals surface area contributed by atoms with E-state index in [0.29, 0.717) is 12.6 Å². The van der Waals surface area contributed by atoms with Crippen molar-refractivity contribution in [1.29, 1.82) is 0 Å². The second-order valence-corrected chi connectivity index (χ2v) is 3.54. The van der Waals surface area contributed by atoms with E-state index < -0.39 is 0 Å². The van der Waals surface area contributed by atoms with Crippen molar-refractivity contribution in [2.24, 2.45) is 0 Å². The lowest BCUT2D eigenvalue weighted by molar-refractivity contribution is 0.414. The van der Waals surface area contributed by atoms with Gasteiger partial charge in [-0.15, -0.1) is 6.42 Å². The van der Waals surface area contributed by atoms with Crippen molar-refractivity contribution < 1.29 is 4.74 Å². The molecule has 0 aliphatic heterocycles. The molecule has 1 rings (SSSR count). The van der Waals surface area contributed by atoms with E-state index in [4.69, 9.17) is 11.2 Å². The Balaban J connectivity index is 2.46. The van der Waals surface area contributed by atoms with Crippen LogP contribution in [0.3, 0.4) is 0 Å². The Morgan fingerprint density at radius 1 is 1.40 bits per heavy atom. The van der Waals surface area contributed by atoms with Gasteiger partial charge >= 0.3 is 0 Å². The highest BCUT2D eigenvalue weighted by Gasteiger charge is 2.01. The van der Waals surface area contributed by atoms with Gasteiger partial charge in [-0.2, -0.15) is 0 Å². The Kier molecular flexibility index (Phi) is 4.73. The van der Waals surface area contributed by atoms with Crippen LogP contribution in [0.4, 0.5) is 0 Å². The predicted octanol–water partition coefficient (Wildman–Crippen LogP) is 1.85. The van der Waals surface area contributed by atoms with Crippen LogP contribution in [-0.2, 0) is 6.42 Å². The summed E-state index contributed by atoms with van der Waals surface area (Å²) in [6.07, 6.45) is 6.16. The fourth-order valence-electron chi connectivity index (χ4n) is 1.42. The van der Waals surface area contributed by atoms with Crippen molar-refractivity contribution in [3.63, 3.8) is 0 Å². The summed E-state index contributed by atoms with van der Waals surface area (Å²) in [6, 6.07) is 8.50. The minimum atomic E-state index is 0.398. The van der Waals surface area contributed by atoms with Crippen LogP contribution in [0.1, 0.15) is 12.5 Å². The van der Waals surface area contributed by atoms with Crippen LogP contribution in [0.5, 0.6) is 5.75 Å². The summed E-state index contributed by atoms with van der Waals surface area (Å²) in [6.45, 7) is 2.75. The molecule has 2 heteroatoms. The topological polar surface area (TPSA) is 21.3 Å².